The molecule has 0 aromatic heterocycles. The lowest BCUT2D eigenvalue weighted by Crippen LogP contribution is -2.06. The molecule has 0 spiro atoms. The van der Waals surface area contributed by atoms with Crippen LogP contribution in [0, 0.1) is 32.1 Å². The third kappa shape index (κ3) is 3.79. The zero-order chi connectivity index (χ0) is 17.0. The van der Waals surface area contributed by atoms with Gasteiger partial charge in [-0.3, -0.25) is 0 Å². The zero-order valence-electron chi connectivity index (χ0n) is 13.3. The van der Waals surface area contributed by atoms with Crippen LogP contribution in [0.25, 0.3) is 0 Å². The van der Waals surface area contributed by atoms with E-state index >= 15 is 0 Å². The number of allylic oxidation sites excluding steroid dienone is 1. The molecule has 2 aromatic carbocycles. The summed E-state index contributed by atoms with van der Waals surface area (Å²) in [7, 11) is -3.82. The van der Waals surface area contributed by atoms with E-state index in [-0.39, 0.29) is 9.80 Å². The fourth-order valence-electron chi connectivity index (χ4n) is 2.05. The summed E-state index contributed by atoms with van der Waals surface area (Å²) in [4.78, 5) is -0.207. The summed E-state index contributed by atoms with van der Waals surface area (Å²) < 4.78 is 25.0. The fourth-order valence-corrected chi connectivity index (χ4v) is 3.13. The summed E-state index contributed by atoms with van der Waals surface area (Å²) in [5.74, 6) is 0. The maximum absolute atomic E-state index is 12.5. The van der Waals surface area contributed by atoms with Crippen LogP contribution in [0.2, 0.25) is 0 Å². The smallest absolute Gasteiger partial charge is 0.218 e. The second kappa shape index (κ2) is 6.67. The van der Waals surface area contributed by atoms with Gasteiger partial charge in [-0.05, 0) is 50.1 Å². The minimum absolute atomic E-state index is 0.110. The number of nitrogens with zero attached hydrogens (tertiary/aromatic N) is 1. The van der Waals surface area contributed by atoms with Crippen molar-refractivity contribution < 1.29 is 8.42 Å². The van der Waals surface area contributed by atoms with Crippen LogP contribution in [0.15, 0.2) is 58.5 Å². The molecule has 0 saturated carbocycles. The van der Waals surface area contributed by atoms with Crippen molar-refractivity contribution in [2.75, 3.05) is 5.32 Å². The van der Waals surface area contributed by atoms with Gasteiger partial charge in [0.25, 0.3) is 0 Å². The number of hydrogen-bond donors (Lipinski definition) is 1. The van der Waals surface area contributed by atoms with Gasteiger partial charge in [-0.15, -0.1) is 0 Å². The van der Waals surface area contributed by atoms with Crippen molar-refractivity contribution in [2.45, 2.75) is 25.7 Å². The van der Waals surface area contributed by atoms with Crippen molar-refractivity contribution in [2.24, 2.45) is 0 Å². The minimum Gasteiger partial charge on any atom is -0.360 e. The largest absolute Gasteiger partial charge is 0.360 e. The number of hydrogen-bond acceptors (Lipinski definition) is 4. The number of benzene rings is 2. The summed E-state index contributed by atoms with van der Waals surface area (Å²) >= 11 is 0. The molecule has 0 unspecified atom stereocenters. The van der Waals surface area contributed by atoms with Crippen molar-refractivity contribution in [3.05, 3.63) is 70.3 Å². The summed E-state index contributed by atoms with van der Waals surface area (Å²) in [6.45, 7) is 5.73. The molecule has 0 heterocycles. The second-order valence-electron chi connectivity index (χ2n) is 5.40. The van der Waals surface area contributed by atoms with Gasteiger partial charge in [0.05, 0.1) is 4.90 Å². The summed E-state index contributed by atoms with van der Waals surface area (Å²) in [6, 6.07) is 14.0. The number of rotatable bonds is 4. The molecule has 0 bridgehead atoms. The number of nitrogens with one attached hydrogen (secondary N) is 1. The van der Waals surface area contributed by atoms with Crippen molar-refractivity contribution in [1.82, 2.24) is 0 Å². The van der Waals surface area contributed by atoms with Crippen LogP contribution in [-0.2, 0) is 9.84 Å². The number of nitriles is 1. The van der Waals surface area contributed by atoms with Gasteiger partial charge in [0.2, 0.25) is 9.84 Å². The first-order chi connectivity index (χ1) is 10.8. The number of aryl methyl sites for hydroxylation is 3. The van der Waals surface area contributed by atoms with Gasteiger partial charge in [0.15, 0.2) is 4.91 Å². The second-order valence-corrected chi connectivity index (χ2v) is 7.32. The van der Waals surface area contributed by atoms with Gasteiger partial charge in [0, 0.05) is 11.9 Å². The predicted molar refractivity (Wildman–Crippen MR) is 91.6 cm³/mol. The topological polar surface area (TPSA) is 70.0 Å². The molecule has 5 heteroatoms. The SMILES string of the molecule is Cc1ccc(S(=O)(=O)/C(C#N)=C/Nc2cc(C)ccc2C)cc1. The van der Waals surface area contributed by atoms with E-state index in [1.807, 2.05) is 39.0 Å². The first kappa shape index (κ1) is 16.8. The molecule has 4 nitrogen and oxygen atoms in total. The minimum atomic E-state index is -3.82. The summed E-state index contributed by atoms with van der Waals surface area (Å²) in [5.41, 5.74) is 3.75. The fraction of sp³-hybridized carbons (Fsp3) is 0.167. The van der Waals surface area contributed by atoms with Gasteiger partial charge in [-0.2, -0.15) is 5.26 Å². The van der Waals surface area contributed by atoms with E-state index in [2.05, 4.69) is 5.32 Å². The summed E-state index contributed by atoms with van der Waals surface area (Å²) in [6.07, 6.45) is 1.25. The Kier molecular flexibility index (Phi) is 4.87. The highest BCUT2D eigenvalue weighted by Gasteiger charge is 2.20. The maximum atomic E-state index is 12.5. The maximum Gasteiger partial charge on any atom is 0.218 e. The van der Waals surface area contributed by atoms with E-state index in [1.54, 1.807) is 18.2 Å². The highest BCUT2D eigenvalue weighted by molar-refractivity contribution is 7.95. The van der Waals surface area contributed by atoms with Gasteiger partial charge < -0.3 is 5.32 Å². The van der Waals surface area contributed by atoms with Crippen LogP contribution in [0.3, 0.4) is 0 Å². The molecule has 0 aliphatic carbocycles. The van der Waals surface area contributed by atoms with E-state index < -0.39 is 9.84 Å². The normalized spacial score (nSPS) is 11.8. The Balaban J connectivity index is 2.37. The van der Waals surface area contributed by atoms with Crippen LogP contribution in [0.4, 0.5) is 5.69 Å². The highest BCUT2D eigenvalue weighted by Crippen LogP contribution is 2.21. The van der Waals surface area contributed by atoms with Crippen LogP contribution in [0.1, 0.15) is 16.7 Å². The Hall–Kier alpha value is -2.58. The average Bonchev–Trinajstić information content (AvgIpc) is 2.51. The Labute approximate surface area is 137 Å². The first-order valence-corrected chi connectivity index (χ1v) is 8.59. The number of anilines is 1. The average molecular weight is 326 g/mol. The highest BCUT2D eigenvalue weighted by atomic mass is 32.2. The van der Waals surface area contributed by atoms with Gasteiger partial charge in [-0.1, -0.05) is 29.8 Å². The quantitative estimate of drug-likeness (QED) is 0.866. The Morgan fingerprint density at radius 2 is 1.65 bits per heavy atom. The monoisotopic (exact) mass is 326 g/mol. The molecule has 0 aliphatic rings. The van der Waals surface area contributed by atoms with Crippen LogP contribution in [0.5, 0.6) is 0 Å². The zero-order valence-corrected chi connectivity index (χ0v) is 14.1. The lowest BCUT2D eigenvalue weighted by molar-refractivity contribution is 0.603. The van der Waals surface area contributed by atoms with E-state index in [0.29, 0.717) is 0 Å². The summed E-state index contributed by atoms with van der Waals surface area (Å²) in [5, 5.41) is 12.2. The molecular weight excluding hydrogens is 308 g/mol. The predicted octanol–water partition coefficient (Wildman–Crippen LogP) is 3.86. The molecule has 0 amide bonds. The Bertz CT molecular complexity index is 890. The molecule has 118 valence electrons. The van der Waals surface area contributed by atoms with Crippen molar-refractivity contribution in [3.63, 3.8) is 0 Å². The van der Waals surface area contributed by atoms with Crippen molar-refractivity contribution >= 4 is 15.5 Å². The first-order valence-electron chi connectivity index (χ1n) is 7.10. The van der Waals surface area contributed by atoms with Crippen LogP contribution in [-0.4, -0.2) is 8.42 Å². The van der Waals surface area contributed by atoms with Gasteiger partial charge >= 0.3 is 0 Å². The molecule has 0 saturated heterocycles. The standard InChI is InChI=1S/C18H18N2O2S/c1-13-5-8-16(9-6-13)23(21,22)17(11-19)12-20-18-10-14(2)4-7-15(18)3/h4-10,12,20H,1-3H3/b17-12+. The third-order valence-corrected chi connectivity index (χ3v) is 5.16. The molecule has 0 radical (unpaired) electrons. The van der Waals surface area contributed by atoms with Crippen LogP contribution < -0.4 is 5.32 Å². The van der Waals surface area contributed by atoms with E-state index in [1.165, 1.54) is 18.3 Å². The number of sulfone groups is 1. The lowest BCUT2D eigenvalue weighted by atomic mass is 10.1. The van der Waals surface area contributed by atoms with Crippen molar-refractivity contribution in [3.8, 4) is 6.07 Å². The Morgan fingerprint density at radius 1 is 1.04 bits per heavy atom. The molecule has 0 aliphatic heterocycles. The molecule has 1 N–H and O–H groups in total. The molecule has 23 heavy (non-hydrogen) atoms. The molecule has 0 fully saturated rings. The van der Waals surface area contributed by atoms with E-state index in [0.717, 1.165) is 22.4 Å². The van der Waals surface area contributed by atoms with Crippen molar-refractivity contribution in [1.29, 1.82) is 5.26 Å². The molecule has 0 atom stereocenters. The third-order valence-electron chi connectivity index (χ3n) is 3.48. The van der Waals surface area contributed by atoms with Gasteiger partial charge in [0.1, 0.15) is 6.07 Å². The van der Waals surface area contributed by atoms with E-state index in [4.69, 9.17) is 0 Å². The van der Waals surface area contributed by atoms with Crippen LogP contribution >= 0.6 is 0 Å². The Morgan fingerprint density at radius 3 is 2.26 bits per heavy atom. The molecule has 2 aromatic rings. The molecular formula is C18H18N2O2S. The van der Waals surface area contributed by atoms with Gasteiger partial charge in [-0.25, -0.2) is 8.42 Å². The van der Waals surface area contributed by atoms with E-state index in [9.17, 15) is 13.7 Å². The lowest BCUT2D eigenvalue weighted by Gasteiger charge is -2.08. The molecule has 2 rings (SSSR count).